The zero-order chi connectivity index (χ0) is 36.6. The first-order valence-electron chi connectivity index (χ1n) is 16.0. The molecule has 2 unspecified atom stereocenters. The standard InChI is InChI=1S/C36H35FNO12P/c37-22-11-6-20(7-12-22)28(49-36-32(42)30(40)31(41)33(50-36)35(44)45)17-16-26-29(38(34(26)43)23-4-2-1-3-5-23)25-15-10-21(18-27(25)39)19-8-13-24(14-9-19)51(46,47)48/h1-15,18,26,28-33,36,39-42H,16-17H2,(H,44,45)(H2,46,47,48)/t26-,28+,29-,30+,31+,32?,33?,36-/m1/s1. The number of β-lactam (4-membered cyclic amide) rings is 1. The summed E-state index contributed by atoms with van der Waals surface area (Å²) in [7, 11) is -4.44. The number of para-hydroxylation sites is 1. The predicted octanol–water partition coefficient (Wildman–Crippen LogP) is 3.14. The fourth-order valence-electron chi connectivity index (χ4n) is 6.53. The van der Waals surface area contributed by atoms with Crippen LogP contribution in [0.25, 0.3) is 11.1 Å². The van der Waals surface area contributed by atoms with Crippen LogP contribution in [0, 0.1) is 11.7 Å². The van der Waals surface area contributed by atoms with Crippen molar-refractivity contribution in [2.75, 3.05) is 4.90 Å². The number of ether oxygens (including phenoxy) is 2. The molecule has 8 atom stereocenters. The second-order valence-electron chi connectivity index (χ2n) is 12.4. The number of carbonyl (C=O) groups excluding carboxylic acids is 1. The summed E-state index contributed by atoms with van der Waals surface area (Å²) in [5, 5.41) is 51.7. The first kappa shape index (κ1) is 36.3. The Balaban J connectivity index is 1.29. The molecule has 0 aromatic heterocycles. The van der Waals surface area contributed by atoms with Crippen LogP contribution >= 0.6 is 7.60 Å². The Labute approximate surface area is 290 Å². The van der Waals surface area contributed by atoms with Gasteiger partial charge in [-0.2, -0.15) is 0 Å². The molecule has 2 aliphatic rings. The van der Waals surface area contributed by atoms with Gasteiger partial charge in [-0.05, 0) is 72.0 Å². The molecule has 7 N–H and O–H groups in total. The van der Waals surface area contributed by atoms with Crippen LogP contribution in [-0.4, -0.2) is 77.9 Å². The van der Waals surface area contributed by atoms with E-state index in [0.717, 1.165) is 0 Å². The van der Waals surface area contributed by atoms with E-state index < -0.39 is 68.2 Å². The molecule has 0 spiro atoms. The number of halogens is 1. The summed E-state index contributed by atoms with van der Waals surface area (Å²) in [5.74, 6) is -3.24. The van der Waals surface area contributed by atoms with E-state index in [9.17, 15) is 53.9 Å². The Bertz CT molecular complexity index is 1920. The van der Waals surface area contributed by atoms with Gasteiger partial charge in [0.2, 0.25) is 5.91 Å². The number of aliphatic hydroxyl groups is 3. The lowest BCUT2D eigenvalue weighted by molar-refractivity contribution is -0.306. The second kappa shape index (κ2) is 14.6. The number of amides is 1. The number of hydrogen-bond acceptors (Lipinski definition) is 9. The molecule has 4 aromatic carbocycles. The number of carboxylic acids is 1. The fourth-order valence-corrected chi connectivity index (χ4v) is 7.07. The number of phenols is 1. The van der Waals surface area contributed by atoms with Crippen LogP contribution in [0.5, 0.6) is 5.75 Å². The Kier molecular flexibility index (Phi) is 10.4. The average molecular weight is 724 g/mol. The zero-order valence-corrected chi connectivity index (χ0v) is 27.6. The summed E-state index contributed by atoms with van der Waals surface area (Å²) in [6, 6.07) is 23.9. The van der Waals surface area contributed by atoms with Crippen molar-refractivity contribution in [3.05, 3.63) is 114 Å². The molecule has 268 valence electrons. The van der Waals surface area contributed by atoms with Crippen molar-refractivity contribution in [2.24, 2.45) is 5.92 Å². The number of rotatable bonds is 11. The third-order valence-electron chi connectivity index (χ3n) is 9.23. The van der Waals surface area contributed by atoms with Gasteiger partial charge in [-0.1, -0.05) is 54.6 Å². The molecule has 13 nitrogen and oxygen atoms in total. The van der Waals surface area contributed by atoms with E-state index >= 15 is 0 Å². The van der Waals surface area contributed by atoms with Gasteiger partial charge in [-0.3, -0.25) is 9.36 Å². The summed E-state index contributed by atoms with van der Waals surface area (Å²) < 4.78 is 36.8. The maximum atomic E-state index is 13.9. The van der Waals surface area contributed by atoms with Crippen molar-refractivity contribution in [1.29, 1.82) is 0 Å². The van der Waals surface area contributed by atoms with Crippen molar-refractivity contribution in [3.63, 3.8) is 0 Å². The number of carboxylic acid groups (broad SMARTS) is 1. The number of hydrogen-bond donors (Lipinski definition) is 7. The summed E-state index contributed by atoms with van der Waals surface area (Å²) in [6.07, 6.45) is -10.1. The third-order valence-corrected chi connectivity index (χ3v) is 10.2. The van der Waals surface area contributed by atoms with Crippen molar-refractivity contribution < 1.29 is 63.3 Å². The number of benzene rings is 4. The number of nitrogens with zero attached hydrogens (tertiary/aromatic N) is 1. The van der Waals surface area contributed by atoms with Gasteiger partial charge in [0, 0.05) is 11.3 Å². The minimum absolute atomic E-state index is 0.0644. The molecule has 6 rings (SSSR count). The fraction of sp³-hybridized carbons (Fsp3) is 0.278. The van der Waals surface area contributed by atoms with Gasteiger partial charge in [0.1, 0.15) is 29.9 Å². The third kappa shape index (κ3) is 7.45. The molecule has 4 aromatic rings. The Morgan fingerprint density at radius 2 is 1.53 bits per heavy atom. The molecule has 2 heterocycles. The molecule has 51 heavy (non-hydrogen) atoms. The molecular weight excluding hydrogens is 688 g/mol. The van der Waals surface area contributed by atoms with Crippen molar-refractivity contribution in [3.8, 4) is 16.9 Å². The van der Waals surface area contributed by atoms with Gasteiger partial charge >= 0.3 is 13.6 Å². The minimum atomic E-state index is -4.44. The van der Waals surface area contributed by atoms with Gasteiger partial charge in [0.05, 0.1) is 23.4 Å². The van der Waals surface area contributed by atoms with Crippen molar-refractivity contribution in [2.45, 2.75) is 55.7 Å². The van der Waals surface area contributed by atoms with Gasteiger partial charge in [0.15, 0.2) is 12.4 Å². The highest BCUT2D eigenvalue weighted by atomic mass is 31.2. The molecule has 2 aliphatic heterocycles. The van der Waals surface area contributed by atoms with E-state index in [1.165, 1.54) is 54.6 Å². The summed E-state index contributed by atoms with van der Waals surface area (Å²) in [6.45, 7) is 0. The van der Waals surface area contributed by atoms with Gasteiger partial charge in [-0.15, -0.1) is 0 Å². The van der Waals surface area contributed by atoms with E-state index in [0.29, 0.717) is 27.9 Å². The number of carbonyl (C=O) groups is 2. The van der Waals surface area contributed by atoms with Crippen LogP contribution in [0.15, 0.2) is 97.1 Å². The molecule has 1 amide bonds. The zero-order valence-electron chi connectivity index (χ0n) is 26.7. The van der Waals surface area contributed by atoms with Gasteiger partial charge < -0.3 is 49.7 Å². The van der Waals surface area contributed by atoms with Crippen LogP contribution in [0.2, 0.25) is 0 Å². The Morgan fingerprint density at radius 1 is 0.882 bits per heavy atom. The first-order valence-corrected chi connectivity index (χ1v) is 17.6. The van der Waals surface area contributed by atoms with Crippen LogP contribution in [0.3, 0.4) is 0 Å². The van der Waals surface area contributed by atoms with Crippen LogP contribution in [-0.2, 0) is 23.6 Å². The van der Waals surface area contributed by atoms with E-state index in [2.05, 4.69) is 0 Å². The van der Waals surface area contributed by atoms with E-state index in [1.54, 1.807) is 47.4 Å². The number of phenolic OH excluding ortho intramolecular Hbond substituents is 1. The lowest BCUT2D eigenvalue weighted by atomic mass is 9.77. The Hall–Kier alpha value is -4.50. The van der Waals surface area contributed by atoms with Crippen molar-refractivity contribution in [1.82, 2.24) is 0 Å². The molecule has 0 saturated carbocycles. The van der Waals surface area contributed by atoms with Crippen molar-refractivity contribution >= 4 is 30.5 Å². The average Bonchev–Trinajstić information content (AvgIpc) is 3.10. The van der Waals surface area contributed by atoms with E-state index in [4.69, 9.17) is 9.47 Å². The van der Waals surface area contributed by atoms with E-state index in [-0.39, 0.29) is 29.8 Å². The summed E-state index contributed by atoms with van der Waals surface area (Å²) >= 11 is 0. The lowest BCUT2D eigenvalue weighted by Gasteiger charge is -2.48. The van der Waals surface area contributed by atoms with Crippen LogP contribution in [0.1, 0.15) is 36.1 Å². The first-order chi connectivity index (χ1) is 24.2. The van der Waals surface area contributed by atoms with Crippen LogP contribution in [0.4, 0.5) is 10.1 Å². The highest BCUT2D eigenvalue weighted by Crippen LogP contribution is 2.49. The molecule has 15 heteroatoms. The highest BCUT2D eigenvalue weighted by Gasteiger charge is 2.51. The minimum Gasteiger partial charge on any atom is -0.508 e. The van der Waals surface area contributed by atoms with Gasteiger partial charge in [-0.25, -0.2) is 9.18 Å². The van der Waals surface area contributed by atoms with Gasteiger partial charge in [0.25, 0.3) is 0 Å². The molecular formula is C36H35FNO12P. The maximum Gasteiger partial charge on any atom is 0.356 e. The molecule has 2 fully saturated rings. The smallest absolute Gasteiger partial charge is 0.356 e. The SMILES string of the molecule is O=C(O)C1O[C@@H](O[C@@H](CC[C@H]2C(=O)N(c3ccccc3)[C@@H]2c2ccc(-c3ccc(P(=O)(O)O)cc3)cc2O)c2ccc(F)cc2)C(O)[C@@H](O)[C@@H]1O. The number of anilines is 1. The molecule has 2 saturated heterocycles. The normalized spacial score (nSPS) is 25.6. The highest BCUT2D eigenvalue weighted by molar-refractivity contribution is 7.60. The Morgan fingerprint density at radius 3 is 2.14 bits per heavy atom. The van der Waals surface area contributed by atoms with Crippen LogP contribution < -0.4 is 10.2 Å². The van der Waals surface area contributed by atoms with E-state index in [1.807, 2.05) is 0 Å². The predicted molar refractivity (Wildman–Crippen MR) is 179 cm³/mol. The number of aliphatic carboxylic acids is 1. The second-order valence-corrected chi connectivity index (χ2v) is 14.1. The lowest BCUT2D eigenvalue weighted by Crippen LogP contribution is -2.60. The molecule has 0 radical (unpaired) electrons. The summed E-state index contributed by atoms with van der Waals surface area (Å²) in [5.41, 5.74) is 2.55. The number of aliphatic hydroxyl groups excluding tert-OH is 3. The largest absolute Gasteiger partial charge is 0.508 e. The molecule has 0 bridgehead atoms. The topological polar surface area (TPSA) is 215 Å². The summed E-state index contributed by atoms with van der Waals surface area (Å²) in [4.78, 5) is 45.9. The number of aromatic hydroxyl groups is 1. The quantitative estimate of drug-likeness (QED) is 0.0879. The monoisotopic (exact) mass is 723 g/mol. The maximum absolute atomic E-state index is 13.9. The molecule has 0 aliphatic carbocycles.